The van der Waals surface area contributed by atoms with Crippen molar-refractivity contribution >= 4 is 31.9 Å². The van der Waals surface area contributed by atoms with Gasteiger partial charge in [0.05, 0.1) is 0 Å². The third kappa shape index (κ3) is 6.75. The van der Waals surface area contributed by atoms with E-state index in [9.17, 15) is 0 Å². The first kappa shape index (κ1) is 27.0. The Kier molecular flexibility index (Phi) is 8.32. The Bertz CT molecular complexity index is 878. The third-order valence-corrected chi connectivity index (χ3v) is 8.32. The van der Waals surface area contributed by atoms with Crippen LogP contribution < -0.4 is 0 Å². The van der Waals surface area contributed by atoms with E-state index < -0.39 is 0 Å². The van der Waals surface area contributed by atoms with Crippen molar-refractivity contribution < 1.29 is 0 Å². The molecular formula is C31H44Br2. The molecule has 2 aromatic rings. The zero-order valence-corrected chi connectivity index (χ0v) is 25.3. The van der Waals surface area contributed by atoms with Crippen molar-refractivity contribution in [3.63, 3.8) is 0 Å². The molecular weight excluding hydrogens is 532 g/mol. The van der Waals surface area contributed by atoms with Gasteiger partial charge in [0, 0.05) is 14.4 Å². The lowest BCUT2D eigenvalue weighted by Crippen LogP contribution is -2.28. The summed E-state index contributed by atoms with van der Waals surface area (Å²) >= 11 is 7.61. The van der Waals surface area contributed by atoms with Gasteiger partial charge in [-0.2, -0.15) is 0 Å². The van der Waals surface area contributed by atoms with Gasteiger partial charge in [-0.1, -0.05) is 99.4 Å². The molecule has 2 aromatic carbocycles. The minimum atomic E-state index is 0.0938. The summed E-state index contributed by atoms with van der Waals surface area (Å²) in [5, 5.41) is 0. The Hall–Kier alpha value is -0.600. The molecule has 0 bridgehead atoms. The fourth-order valence-corrected chi connectivity index (χ4v) is 7.11. The largest absolute Gasteiger partial charge is 0.0625 e. The van der Waals surface area contributed by atoms with E-state index >= 15 is 0 Å². The SMILES string of the molecule is CC(CCC1(CCC(C)CC(C)(C)C)c2cc(Br)ccc2-c2ccc(Br)cc21)CC(C)(C)C. The second kappa shape index (κ2) is 10.2. The van der Waals surface area contributed by atoms with Crippen LogP contribution in [0.25, 0.3) is 11.1 Å². The van der Waals surface area contributed by atoms with E-state index in [0.717, 1.165) is 11.8 Å². The van der Waals surface area contributed by atoms with Crippen LogP contribution in [-0.2, 0) is 5.41 Å². The maximum absolute atomic E-state index is 3.81. The molecule has 33 heavy (non-hydrogen) atoms. The first-order valence-electron chi connectivity index (χ1n) is 12.8. The highest BCUT2D eigenvalue weighted by Crippen LogP contribution is 2.56. The molecule has 0 spiro atoms. The Morgan fingerprint density at radius 2 is 1.03 bits per heavy atom. The van der Waals surface area contributed by atoms with E-state index in [1.165, 1.54) is 69.7 Å². The zero-order valence-electron chi connectivity index (χ0n) is 22.1. The van der Waals surface area contributed by atoms with Crippen molar-refractivity contribution in [1.29, 1.82) is 0 Å². The Labute approximate surface area is 220 Å². The van der Waals surface area contributed by atoms with Crippen LogP contribution in [0.5, 0.6) is 0 Å². The van der Waals surface area contributed by atoms with E-state index in [1.54, 1.807) is 0 Å². The average Bonchev–Trinajstić information content (AvgIpc) is 2.91. The molecule has 0 nitrogen and oxygen atoms in total. The van der Waals surface area contributed by atoms with Crippen LogP contribution in [0.4, 0.5) is 0 Å². The Balaban J connectivity index is 2.02. The van der Waals surface area contributed by atoms with Crippen molar-refractivity contribution in [1.82, 2.24) is 0 Å². The van der Waals surface area contributed by atoms with Crippen LogP contribution in [0.3, 0.4) is 0 Å². The topological polar surface area (TPSA) is 0 Å². The third-order valence-electron chi connectivity index (χ3n) is 7.33. The predicted molar refractivity (Wildman–Crippen MR) is 153 cm³/mol. The smallest absolute Gasteiger partial charge is 0.0216 e. The lowest BCUT2D eigenvalue weighted by Gasteiger charge is -2.36. The number of rotatable bonds is 8. The number of benzene rings is 2. The van der Waals surface area contributed by atoms with E-state index in [1.807, 2.05) is 0 Å². The summed E-state index contributed by atoms with van der Waals surface area (Å²) in [5.74, 6) is 1.45. The van der Waals surface area contributed by atoms with Gasteiger partial charge in [0.2, 0.25) is 0 Å². The van der Waals surface area contributed by atoms with Crippen molar-refractivity contribution in [2.45, 2.75) is 99.3 Å². The molecule has 0 saturated carbocycles. The summed E-state index contributed by atoms with van der Waals surface area (Å²) < 4.78 is 2.39. The molecule has 0 amide bonds. The number of halogens is 2. The van der Waals surface area contributed by atoms with Crippen LogP contribution in [0.2, 0.25) is 0 Å². The standard InChI is InChI=1S/C31H44Br2/c1-21(19-29(3,4)5)13-15-31(16-14-22(2)20-30(6,7)8)27-17-23(32)9-11-25(27)26-12-10-24(33)18-28(26)31/h9-12,17-18,21-22H,13-16,19-20H2,1-8H3. The fraction of sp³-hybridized carbons (Fsp3) is 0.613. The second-order valence-corrected chi connectivity index (χ2v) is 15.1. The van der Waals surface area contributed by atoms with Gasteiger partial charge in [-0.25, -0.2) is 0 Å². The first-order chi connectivity index (χ1) is 15.2. The summed E-state index contributed by atoms with van der Waals surface area (Å²) in [4.78, 5) is 0. The summed E-state index contributed by atoms with van der Waals surface area (Å²) in [6, 6.07) is 13.9. The zero-order chi connectivity index (χ0) is 24.6. The molecule has 0 heterocycles. The molecule has 0 fully saturated rings. The van der Waals surface area contributed by atoms with Crippen LogP contribution in [0.1, 0.15) is 105 Å². The van der Waals surface area contributed by atoms with Gasteiger partial charge in [0.25, 0.3) is 0 Å². The van der Waals surface area contributed by atoms with Crippen LogP contribution in [0.15, 0.2) is 45.3 Å². The molecule has 2 unspecified atom stereocenters. The van der Waals surface area contributed by atoms with E-state index in [-0.39, 0.29) is 5.41 Å². The molecule has 0 radical (unpaired) electrons. The maximum Gasteiger partial charge on any atom is 0.0216 e. The highest BCUT2D eigenvalue weighted by atomic mass is 79.9. The second-order valence-electron chi connectivity index (χ2n) is 13.3. The molecule has 3 rings (SSSR count). The van der Waals surface area contributed by atoms with Gasteiger partial charge in [-0.3, -0.25) is 0 Å². The quantitative estimate of drug-likeness (QED) is 0.293. The monoisotopic (exact) mass is 574 g/mol. The molecule has 0 N–H and O–H groups in total. The van der Waals surface area contributed by atoms with Gasteiger partial charge in [0.1, 0.15) is 0 Å². The molecule has 0 saturated heterocycles. The van der Waals surface area contributed by atoms with Gasteiger partial charge in [0.15, 0.2) is 0 Å². The summed E-state index contributed by atoms with van der Waals surface area (Å²) in [6.45, 7) is 19.2. The highest BCUT2D eigenvalue weighted by Gasteiger charge is 2.43. The fourth-order valence-electron chi connectivity index (χ4n) is 6.38. The van der Waals surface area contributed by atoms with Crippen LogP contribution in [-0.4, -0.2) is 0 Å². The Morgan fingerprint density at radius 3 is 1.36 bits per heavy atom. The predicted octanol–water partition coefficient (Wildman–Crippen LogP) is 11.2. The average molecular weight is 577 g/mol. The molecule has 0 aromatic heterocycles. The summed E-state index contributed by atoms with van der Waals surface area (Å²) in [6.07, 6.45) is 7.53. The minimum absolute atomic E-state index is 0.0938. The normalized spacial score (nSPS) is 16.9. The molecule has 1 aliphatic rings. The Morgan fingerprint density at radius 1 is 0.667 bits per heavy atom. The van der Waals surface area contributed by atoms with Gasteiger partial charge in [-0.05, 0) is 108 Å². The van der Waals surface area contributed by atoms with E-state index in [4.69, 9.17) is 0 Å². The molecule has 2 atom stereocenters. The van der Waals surface area contributed by atoms with Crippen molar-refractivity contribution in [2.75, 3.05) is 0 Å². The lowest BCUT2D eigenvalue weighted by atomic mass is 9.68. The summed E-state index contributed by atoms with van der Waals surface area (Å²) in [5.41, 5.74) is 6.81. The highest BCUT2D eigenvalue weighted by molar-refractivity contribution is 9.10. The molecule has 0 aliphatic heterocycles. The molecule has 1 aliphatic carbocycles. The van der Waals surface area contributed by atoms with Gasteiger partial charge in [-0.15, -0.1) is 0 Å². The maximum atomic E-state index is 3.81. The van der Waals surface area contributed by atoms with Crippen molar-refractivity contribution in [3.8, 4) is 11.1 Å². The van der Waals surface area contributed by atoms with Crippen LogP contribution >= 0.6 is 31.9 Å². The van der Waals surface area contributed by atoms with Crippen LogP contribution in [0, 0.1) is 22.7 Å². The van der Waals surface area contributed by atoms with E-state index in [2.05, 4.69) is 124 Å². The minimum Gasteiger partial charge on any atom is -0.0625 e. The molecule has 182 valence electrons. The lowest BCUT2D eigenvalue weighted by molar-refractivity contribution is 0.257. The summed E-state index contributed by atoms with van der Waals surface area (Å²) in [7, 11) is 0. The number of hydrogen-bond donors (Lipinski definition) is 0. The van der Waals surface area contributed by atoms with Crippen molar-refractivity contribution in [2.24, 2.45) is 22.7 Å². The number of hydrogen-bond acceptors (Lipinski definition) is 0. The van der Waals surface area contributed by atoms with Crippen molar-refractivity contribution in [3.05, 3.63) is 56.5 Å². The number of fused-ring (bicyclic) bond motifs is 3. The van der Waals surface area contributed by atoms with E-state index in [0.29, 0.717) is 10.8 Å². The first-order valence-corrected chi connectivity index (χ1v) is 14.4. The van der Waals surface area contributed by atoms with Gasteiger partial charge >= 0.3 is 0 Å². The van der Waals surface area contributed by atoms with Gasteiger partial charge < -0.3 is 0 Å². The molecule has 2 heteroatoms.